The number of rotatable bonds is 3. The third-order valence-electron chi connectivity index (χ3n) is 3.80. The van der Waals surface area contributed by atoms with Crippen molar-refractivity contribution >= 4 is 18.3 Å². The second kappa shape index (κ2) is 8.73. The molecule has 0 radical (unpaired) electrons. The highest BCUT2D eigenvalue weighted by atomic mass is 35.5. The van der Waals surface area contributed by atoms with Gasteiger partial charge in [-0.3, -0.25) is 4.79 Å². The highest BCUT2D eigenvalue weighted by Crippen LogP contribution is 2.18. The predicted octanol–water partition coefficient (Wildman–Crippen LogP) is 1.44. The molecule has 0 saturated carbocycles. The van der Waals surface area contributed by atoms with Gasteiger partial charge in [0.15, 0.2) is 0 Å². The van der Waals surface area contributed by atoms with Gasteiger partial charge in [-0.15, -0.1) is 12.4 Å². The summed E-state index contributed by atoms with van der Waals surface area (Å²) in [5.41, 5.74) is 0. The maximum absolute atomic E-state index is 12.0. The zero-order chi connectivity index (χ0) is 11.9. The fraction of sp³-hybridized carbons (Fsp3) is 0.923. The van der Waals surface area contributed by atoms with E-state index in [1.165, 1.54) is 12.8 Å². The molecule has 5 heteroatoms. The minimum Gasteiger partial charge on any atom is -0.380 e. The molecular formula is C13H25ClN2O2. The first kappa shape index (κ1) is 15.7. The lowest BCUT2D eigenvalue weighted by Crippen LogP contribution is -2.34. The number of nitrogens with one attached hydrogen (secondary N) is 1. The van der Waals surface area contributed by atoms with Gasteiger partial charge in [-0.2, -0.15) is 0 Å². The van der Waals surface area contributed by atoms with Crippen molar-refractivity contribution in [1.82, 2.24) is 10.2 Å². The molecule has 2 heterocycles. The van der Waals surface area contributed by atoms with E-state index in [1.54, 1.807) is 0 Å². The fourth-order valence-electron chi connectivity index (χ4n) is 2.65. The summed E-state index contributed by atoms with van der Waals surface area (Å²) in [6.45, 7) is 5.42. The number of ether oxygens (including phenoxy) is 1. The number of hydrogen-bond acceptors (Lipinski definition) is 3. The molecule has 0 aromatic carbocycles. The van der Waals surface area contributed by atoms with E-state index in [9.17, 15) is 4.79 Å². The Morgan fingerprint density at radius 3 is 2.78 bits per heavy atom. The van der Waals surface area contributed by atoms with Crippen LogP contribution in [0, 0.1) is 5.92 Å². The van der Waals surface area contributed by atoms with Crippen molar-refractivity contribution in [2.75, 3.05) is 39.4 Å². The Labute approximate surface area is 116 Å². The standard InChI is InChI=1S/C13H24N2O2.ClH/c16-13(15-8-1-10-17-11-9-15)3-2-12-4-6-14-7-5-12;/h12,14H,1-11H2;1H. The molecule has 2 fully saturated rings. The third kappa shape index (κ3) is 5.12. The number of halogens is 1. The van der Waals surface area contributed by atoms with E-state index < -0.39 is 0 Å². The van der Waals surface area contributed by atoms with Gasteiger partial charge < -0.3 is 15.0 Å². The van der Waals surface area contributed by atoms with Crippen LogP contribution in [-0.4, -0.2) is 50.2 Å². The Morgan fingerprint density at radius 1 is 1.22 bits per heavy atom. The minimum absolute atomic E-state index is 0. The average molecular weight is 277 g/mol. The molecular weight excluding hydrogens is 252 g/mol. The van der Waals surface area contributed by atoms with Crippen LogP contribution in [0.3, 0.4) is 0 Å². The van der Waals surface area contributed by atoms with Crippen LogP contribution in [0.1, 0.15) is 32.1 Å². The summed E-state index contributed by atoms with van der Waals surface area (Å²) in [5, 5.41) is 3.36. The van der Waals surface area contributed by atoms with Gasteiger partial charge in [-0.05, 0) is 44.7 Å². The zero-order valence-corrected chi connectivity index (χ0v) is 11.8. The molecule has 0 spiro atoms. The highest BCUT2D eigenvalue weighted by Gasteiger charge is 2.18. The Bertz CT molecular complexity index is 237. The molecule has 18 heavy (non-hydrogen) atoms. The lowest BCUT2D eigenvalue weighted by molar-refractivity contribution is -0.131. The van der Waals surface area contributed by atoms with Crippen LogP contribution in [0.2, 0.25) is 0 Å². The molecule has 0 atom stereocenters. The van der Waals surface area contributed by atoms with Crippen molar-refractivity contribution < 1.29 is 9.53 Å². The number of hydrogen-bond donors (Lipinski definition) is 1. The molecule has 0 aromatic heterocycles. The number of piperidine rings is 1. The van der Waals surface area contributed by atoms with Crippen molar-refractivity contribution in [3.05, 3.63) is 0 Å². The Balaban J connectivity index is 0.00000162. The van der Waals surface area contributed by atoms with Crippen molar-refractivity contribution in [2.45, 2.75) is 32.1 Å². The van der Waals surface area contributed by atoms with Gasteiger partial charge in [0, 0.05) is 26.1 Å². The van der Waals surface area contributed by atoms with Crippen LogP contribution in [0.25, 0.3) is 0 Å². The molecule has 2 aliphatic heterocycles. The smallest absolute Gasteiger partial charge is 0.222 e. The summed E-state index contributed by atoms with van der Waals surface area (Å²) in [6.07, 6.45) is 5.24. The molecule has 0 unspecified atom stereocenters. The maximum Gasteiger partial charge on any atom is 0.222 e. The van der Waals surface area contributed by atoms with Gasteiger partial charge in [0.2, 0.25) is 5.91 Å². The normalized spacial score (nSPS) is 22.1. The Hall–Kier alpha value is -0.320. The van der Waals surface area contributed by atoms with Crippen molar-refractivity contribution in [2.24, 2.45) is 5.92 Å². The molecule has 0 aliphatic carbocycles. The van der Waals surface area contributed by atoms with E-state index in [0.29, 0.717) is 12.5 Å². The molecule has 2 saturated heterocycles. The summed E-state index contributed by atoms with van der Waals surface area (Å²) in [7, 11) is 0. The minimum atomic E-state index is 0. The quantitative estimate of drug-likeness (QED) is 0.848. The first-order valence-corrected chi connectivity index (χ1v) is 6.92. The summed E-state index contributed by atoms with van der Waals surface area (Å²) >= 11 is 0. The van der Waals surface area contributed by atoms with E-state index in [4.69, 9.17) is 4.74 Å². The predicted molar refractivity (Wildman–Crippen MR) is 74.1 cm³/mol. The van der Waals surface area contributed by atoms with Crippen LogP contribution in [0.15, 0.2) is 0 Å². The van der Waals surface area contributed by atoms with Crippen LogP contribution < -0.4 is 5.32 Å². The van der Waals surface area contributed by atoms with E-state index in [-0.39, 0.29) is 12.4 Å². The van der Waals surface area contributed by atoms with E-state index in [1.807, 2.05) is 4.90 Å². The maximum atomic E-state index is 12.0. The van der Waals surface area contributed by atoms with Crippen LogP contribution in [0.5, 0.6) is 0 Å². The van der Waals surface area contributed by atoms with Gasteiger partial charge in [0.25, 0.3) is 0 Å². The largest absolute Gasteiger partial charge is 0.380 e. The Morgan fingerprint density at radius 2 is 2.00 bits per heavy atom. The number of carbonyl (C=O) groups excluding carboxylic acids is 1. The molecule has 1 N–H and O–H groups in total. The zero-order valence-electron chi connectivity index (χ0n) is 11.0. The summed E-state index contributed by atoms with van der Waals surface area (Å²) in [6, 6.07) is 0. The second-order valence-electron chi connectivity index (χ2n) is 5.08. The van der Waals surface area contributed by atoms with Gasteiger partial charge in [0.05, 0.1) is 6.61 Å². The topological polar surface area (TPSA) is 41.6 Å². The lowest BCUT2D eigenvalue weighted by Gasteiger charge is -2.24. The van der Waals surface area contributed by atoms with Gasteiger partial charge in [0.1, 0.15) is 0 Å². The fourth-order valence-corrected chi connectivity index (χ4v) is 2.65. The molecule has 0 aromatic rings. The van der Waals surface area contributed by atoms with Gasteiger partial charge >= 0.3 is 0 Å². The lowest BCUT2D eigenvalue weighted by atomic mass is 9.93. The van der Waals surface area contributed by atoms with E-state index >= 15 is 0 Å². The first-order valence-electron chi connectivity index (χ1n) is 6.92. The summed E-state index contributed by atoms with van der Waals surface area (Å²) in [4.78, 5) is 14.0. The van der Waals surface area contributed by atoms with Crippen LogP contribution >= 0.6 is 12.4 Å². The molecule has 4 nitrogen and oxygen atoms in total. The van der Waals surface area contributed by atoms with Crippen LogP contribution in [0.4, 0.5) is 0 Å². The molecule has 2 rings (SSSR count). The number of carbonyl (C=O) groups is 1. The van der Waals surface area contributed by atoms with Crippen molar-refractivity contribution in [3.63, 3.8) is 0 Å². The molecule has 106 valence electrons. The monoisotopic (exact) mass is 276 g/mol. The summed E-state index contributed by atoms with van der Waals surface area (Å²) in [5.74, 6) is 1.08. The molecule has 0 bridgehead atoms. The van der Waals surface area contributed by atoms with Crippen molar-refractivity contribution in [1.29, 1.82) is 0 Å². The van der Waals surface area contributed by atoms with Gasteiger partial charge in [-0.25, -0.2) is 0 Å². The van der Waals surface area contributed by atoms with E-state index in [0.717, 1.165) is 58.0 Å². The third-order valence-corrected chi connectivity index (χ3v) is 3.80. The Kier molecular flexibility index (Phi) is 7.63. The first-order chi connectivity index (χ1) is 8.36. The second-order valence-corrected chi connectivity index (χ2v) is 5.08. The van der Waals surface area contributed by atoms with Crippen molar-refractivity contribution in [3.8, 4) is 0 Å². The molecule has 1 amide bonds. The van der Waals surface area contributed by atoms with Crippen LogP contribution in [-0.2, 0) is 9.53 Å². The van der Waals surface area contributed by atoms with Gasteiger partial charge in [-0.1, -0.05) is 0 Å². The number of nitrogens with zero attached hydrogens (tertiary/aromatic N) is 1. The number of amides is 1. The summed E-state index contributed by atoms with van der Waals surface area (Å²) < 4.78 is 5.37. The highest BCUT2D eigenvalue weighted by molar-refractivity contribution is 5.85. The van der Waals surface area contributed by atoms with E-state index in [2.05, 4.69) is 5.32 Å². The molecule has 2 aliphatic rings. The average Bonchev–Trinajstić information content (AvgIpc) is 2.66. The SMILES string of the molecule is Cl.O=C(CCC1CCNCC1)N1CCCOCC1.